The first-order valence-corrected chi connectivity index (χ1v) is 8.72. The van der Waals surface area contributed by atoms with Gasteiger partial charge in [0, 0.05) is 39.4 Å². The smallest absolute Gasteiger partial charge is 0.356 e. The van der Waals surface area contributed by atoms with Gasteiger partial charge in [-0.15, -0.1) is 0 Å². The summed E-state index contributed by atoms with van der Waals surface area (Å²) in [5, 5.41) is 6.00. The number of nitrogens with zero attached hydrogens (tertiary/aromatic N) is 4. The number of hydrogen-bond donors (Lipinski definition) is 2. The zero-order chi connectivity index (χ0) is 19.9. The molecule has 10 heteroatoms. The van der Waals surface area contributed by atoms with E-state index in [1.807, 2.05) is 18.2 Å². The minimum absolute atomic E-state index is 0.166. The lowest BCUT2D eigenvalue weighted by Gasteiger charge is -2.33. The highest BCUT2D eigenvalue weighted by molar-refractivity contribution is 5.86. The number of anilines is 1. The van der Waals surface area contributed by atoms with Gasteiger partial charge in [0.2, 0.25) is 5.91 Å². The molecule has 1 aromatic heterocycles. The molecule has 2 N–H and O–H groups in total. The van der Waals surface area contributed by atoms with Gasteiger partial charge in [-0.3, -0.25) is 9.79 Å². The highest BCUT2D eigenvalue weighted by Crippen LogP contribution is 2.17. The number of carbonyl (C=O) groups excluding carboxylic acids is 1. The van der Waals surface area contributed by atoms with E-state index in [1.165, 1.54) is 0 Å². The second-order valence-electron chi connectivity index (χ2n) is 6.38. The molecule has 0 radical (unpaired) electrons. The van der Waals surface area contributed by atoms with E-state index in [0.717, 1.165) is 38.8 Å². The van der Waals surface area contributed by atoms with E-state index in [2.05, 4.69) is 25.5 Å². The molecule has 1 saturated heterocycles. The molecule has 0 aliphatic carbocycles. The monoisotopic (exact) mass is 386 g/mol. The van der Waals surface area contributed by atoms with Crippen LogP contribution in [0, 0.1) is 0 Å². The van der Waals surface area contributed by atoms with E-state index < -0.39 is 18.6 Å². The van der Waals surface area contributed by atoms with Crippen LogP contribution in [0.4, 0.5) is 19.0 Å². The molecule has 27 heavy (non-hydrogen) atoms. The third kappa shape index (κ3) is 6.95. The number of aliphatic imine (C=N–C) groups is 1. The van der Waals surface area contributed by atoms with Gasteiger partial charge in [-0.25, -0.2) is 4.98 Å². The van der Waals surface area contributed by atoms with Crippen molar-refractivity contribution < 1.29 is 18.0 Å². The van der Waals surface area contributed by atoms with Crippen LogP contribution in [0.5, 0.6) is 0 Å². The Bertz CT molecular complexity index is 629. The summed E-state index contributed by atoms with van der Waals surface area (Å²) in [5.41, 5.74) is 0. The number of rotatable bonds is 5. The van der Waals surface area contributed by atoms with Crippen LogP contribution in [0.3, 0.4) is 0 Å². The van der Waals surface area contributed by atoms with E-state index in [1.54, 1.807) is 13.2 Å². The lowest BCUT2D eigenvalue weighted by molar-refractivity contribution is -0.157. The van der Waals surface area contributed by atoms with Gasteiger partial charge in [0.1, 0.15) is 12.4 Å². The maximum Gasteiger partial charge on any atom is 0.406 e. The molecule has 1 aliphatic heterocycles. The van der Waals surface area contributed by atoms with Crippen molar-refractivity contribution >= 4 is 17.7 Å². The van der Waals surface area contributed by atoms with Crippen LogP contribution in [0.25, 0.3) is 0 Å². The second kappa shape index (κ2) is 9.43. The predicted octanol–water partition coefficient (Wildman–Crippen LogP) is 1.24. The molecule has 7 nitrogen and oxygen atoms in total. The van der Waals surface area contributed by atoms with Crippen molar-refractivity contribution in [1.82, 2.24) is 20.5 Å². The van der Waals surface area contributed by atoms with Crippen LogP contribution < -0.4 is 15.5 Å². The van der Waals surface area contributed by atoms with Gasteiger partial charge in [0.05, 0.1) is 6.54 Å². The number of nitrogens with one attached hydrogen (secondary N) is 2. The molecule has 2 heterocycles. The van der Waals surface area contributed by atoms with Crippen molar-refractivity contribution in [1.29, 1.82) is 0 Å². The summed E-state index contributed by atoms with van der Waals surface area (Å²) in [4.78, 5) is 23.0. The lowest BCUT2D eigenvalue weighted by atomic mass is 10.1. The Morgan fingerprint density at radius 1 is 1.37 bits per heavy atom. The van der Waals surface area contributed by atoms with Gasteiger partial charge in [0.25, 0.3) is 0 Å². The van der Waals surface area contributed by atoms with E-state index in [9.17, 15) is 18.0 Å². The Balaban J connectivity index is 1.75. The molecular formula is C17H25F3N6O. The van der Waals surface area contributed by atoms with Crippen LogP contribution in [0.15, 0.2) is 29.4 Å². The van der Waals surface area contributed by atoms with Gasteiger partial charge >= 0.3 is 6.18 Å². The molecule has 0 spiro atoms. The largest absolute Gasteiger partial charge is 0.406 e. The number of aromatic nitrogens is 1. The van der Waals surface area contributed by atoms with Gasteiger partial charge in [-0.1, -0.05) is 6.07 Å². The molecule has 0 aromatic carbocycles. The summed E-state index contributed by atoms with van der Waals surface area (Å²) in [6.45, 7) is 0.141. The summed E-state index contributed by atoms with van der Waals surface area (Å²) in [7, 11) is 2.68. The molecule has 1 amide bonds. The molecule has 1 fully saturated rings. The average molecular weight is 386 g/mol. The molecule has 1 aliphatic rings. The molecular weight excluding hydrogens is 361 g/mol. The van der Waals surface area contributed by atoms with Gasteiger partial charge in [0.15, 0.2) is 5.96 Å². The third-order valence-corrected chi connectivity index (χ3v) is 4.28. The number of amides is 1. The van der Waals surface area contributed by atoms with E-state index in [4.69, 9.17) is 0 Å². The quantitative estimate of drug-likeness (QED) is 0.588. The minimum Gasteiger partial charge on any atom is -0.356 e. The summed E-state index contributed by atoms with van der Waals surface area (Å²) in [5.74, 6) is 0.692. The summed E-state index contributed by atoms with van der Waals surface area (Å²) in [6.07, 6.45) is -0.928. The minimum atomic E-state index is -4.41. The third-order valence-electron chi connectivity index (χ3n) is 4.28. The zero-order valence-corrected chi connectivity index (χ0v) is 15.5. The topological polar surface area (TPSA) is 72.9 Å². The molecule has 150 valence electrons. The van der Waals surface area contributed by atoms with E-state index >= 15 is 0 Å². The van der Waals surface area contributed by atoms with Crippen LogP contribution in [-0.4, -0.2) is 74.2 Å². The number of piperidine rings is 1. The summed E-state index contributed by atoms with van der Waals surface area (Å²) in [6, 6.07) is 5.96. The van der Waals surface area contributed by atoms with Crippen molar-refractivity contribution in [2.45, 2.75) is 25.1 Å². The lowest BCUT2D eigenvalue weighted by Crippen LogP contribution is -2.51. The van der Waals surface area contributed by atoms with Crippen molar-refractivity contribution in [3.05, 3.63) is 24.4 Å². The fraction of sp³-hybridized carbons (Fsp3) is 0.588. The Kier molecular flexibility index (Phi) is 7.26. The zero-order valence-electron chi connectivity index (χ0n) is 15.5. The first-order valence-electron chi connectivity index (χ1n) is 8.72. The molecule has 1 aromatic rings. The maximum absolute atomic E-state index is 12.3. The number of pyridine rings is 1. The number of carbonyl (C=O) groups is 1. The van der Waals surface area contributed by atoms with E-state index in [-0.39, 0.29) is 12.6 Å². The van der Waals surface area contributed by atoms with Crippen LogP contribution >= 0.6 is 0 Å². The van der Waals surface area contributed by atoms with Crippen LogP contribution in [-0.2, 0) is 4.79 Å². The Morgan fingerprint density at radius 3 is 2.63 bits per heavy atom. The van der Waals surface area contributed by atoms with Gasteiger partial charge in [-0.2, -0.15) is 13.2 Å². The molecule has 0 bridgehead atoms. The van der Waals surface area contributed by atoms with Crippen molar-refractivity contribution in [2.75, 3.05) is 45.2 Å². The predicted molar refractivity (Wildman–Crippen MR) is 97.7 cm³/mol. The Hall–Kier alpha value is -2.52. The first-order chi connectivity index (χ1) is 12.8. The highest BCUT2D eigenvalue weighted by Gasteiger charge is 2.31. The molecule has 0 atom stereocenters. The molecule has 0 saturated carbocycles. The van der Waals surface area contributed by atoms with Crippen LogP contribution in [0.1, 0.15) is 12.8 Å². The van der Waals surface area contributed by atoms with Crippen molar-refractivity contribution in [2.24, 2.45) is 4.99 Å². The number of hydrogen-bond acceptors (Lipinski definition) is 4. The van der Waals surface area contributed by atoms with E-state index in [0.29, 0.717) is 10.9 Å². The summed E-state index contributed by atoms with van der Waals surface area (Å²) < 4.78 is 37.0. The van der Waals surface area contributed by atoms with Crippen molar-refractivity contribution in [3.63, 3.8) is 0 Å². The SMILES string of the molecule is CN=C(NCC(=O)N(C)CC(F)(F)F)NC1CCN(c2ccccn2)CC1. The standard InChI is InChI=1S/C17H25F3N6O/c1-21-16(23-11-15(27)25(2)12-17(18,19)20)24-13-6-9-26(10-7-13)14-5-3-4-8-22-14/h3-5,8,13H,6-7,9-12H2,1-2H3,(H2,21,23,24). The first kappa shape index (κ1) is 20.8. The number of likely N-dealkylation sites (N-methyl/N-ethyl adjacent to an activating group) is 1. The fourth-order valence-electron chi connectivity index (χ4n) is 2.83. The Morgan fingerprint density at radius 2 is 2.07 bits per heavy atom. The van der Waals surface area contributed by atoms with Gasteiger partial charge < -0.3 is 20.4 Å². The van der Waals surface area contributed by atoms with Crippen LogP contribution in [0.2, 0.25) is 0 Å². The Labute approximate surface area is 156 Å². The normalized spacial score (nSPS) is 16.2. The summed E-state index contributed by atoms with van der Waals surface area (Å²) >= 11 is 0. The van der Waals surface area contributed by atoms with Crippen molar-refractivity contribution in [3.8, 4) is 0 Å². The average Bonchev–Trinajstić information content (AvgIpc) is 2.64. The number of halogens is 3. The second-order valence-corrected chi connectivity index (χ2v) is 6.38. The number of guanidine groups is 1. The molecule has 0 unspecified atom stereocenters. The molecule has 2 rings (SSSR count). The highest BCUT2D eigenvalue weighted by atomic mass is 19.4. The fourth-order valence-corrected chi connectivity index (χ4v) is 2.83. The number of alkyl halides is 3. The van der Waals surface area contributed by atoms with Gasteiger partial charge in [-0.05, 0) is 25.0 Å². The maximum atomic E-state index is 12.3.